The quantitative estimate of drug-likeness (QED) is 0.628. The summed E-state index contributed by atoms with van der Waals surface area (Å²) >= 11 is 0. The van der Waals surface area contributed by atoms with Crippen LogP contribution in [0.3, 0.4) is 0 Å². The molecular formula is C7H8N2O2. The molecule has 58 valence electrons. The maximum atomic E-state index is 10.5. The zero-order valence-electron chi connectivity index (χ0n) is 5.82. The number of aliphatic carboxylic acids is 1. The Morgan fingerprint density at radius 3 is 3.00 bits per heavy atom. The van der Waals surface area contributed by atoms with Crippen LogP contribution in [-0.2, 0) is 4.79 Å². The molecule has 0 spiro atoms. The topological polar surface area (TPSA) is 66.0 Å². The molecule has 1 aromatic heterocycles. The van der Waals surface area contributed by atoms with Gasteiger partial charge in [-0.1, -0.05) is 6.08 Å². The molecule has 0 aromatic carbocycles. The number of rotatable bonds is 3. The molecular weight excluding hydrogens is 144 g/mol. The molecule has 0 aliphatic heterocycles. The smallest absolute Gasteiger partial charge is 0.316 e. The van der Waals surface area contributed by atoms with Crippen molar-refractivity contribution in [2.45, 2.75) is 5.92 Å². The SMILES string of the molecule is C=CC(C(=O)O)c1cc[nH]n1. The third-order valence-electron chi connectivity index (χ3n) is 1.34. The number of H-pyrrole nitrogens is 1. The van der Waals surface area contributed by atoms with Gasteiger partial charge in [0.15, 0.2) is 0 Å². The molecule has 0 fully saturated rings. The number of nitrogens with zero attached hydrogens (tertiary/aromatic N) is 1. The van der Waals surface area contributed by atoms with Crippen LogP contribution in [-0.4, -0.2) is 21.3 Å². The van der Waals surface area contributed by atoms with E-state index in [4.69, 9.17) is 5.11 Å². The summed E-state index contributed by atoms with van der Waals surface area (Å²) in [5.74, 6) is -1.65. The molecule has 1 heterocycles. The third kappa shape index (κ3) is 1.46. The van der Waals surface area contributed by atoms with E-state index in [2.05, 4.69) is 16.8 Å². The first-order valence-electron chi connectivity index (χ1n) is 3.10. The van der Waals surface area contributed by atoms with Gasteiger partial charge in [-0.2, -0.15) is 5.10 Å². The minimum Gasteiger partial charge on any atom is -0.481 e. The molecule has 0 saturated heterocycles. The molecule has 1 unspecified atom stereocenters. The molecule has 1 rings (SSSR count). The second kappa shape index (κ2) is 3.01. The first-order valence-corrected chi connectivity index (χ1v) is 3.10. The zero-order chi connectivity index (χ0) is 8.27. The molecule has 11 heavy (non-hydrogen) atoms. The van der Waals surface area contributed by atoms with Gasteiger partial charge in [0.05, 0.1) is 5.69 Å². The fourth-order valence-electron chi connectivity index (χ4n) is 0.793. The lowest BCUT2D eigenvalue weighted by Crippen LogP contribution is -2.08. The predicted molar refractivity (Wildman–Crippen MR) is 39.2 cm³/mol. The summed E-state index contributed by atoms with van der Waals surface area (Å²) in [5.41, 5.74) is 0.479. The van der Waals surface area contributed by atoms with Crippen molar-refractivity contribution in [3.8, 4) is 0 Å². The average Bonchev–Trinajstić information content (AvgIpc) is 2.40. The Balaban J connectivity index is 2.88. The Kier molecular flexibility index (Phi) is 2.06. The highest BCUT2D eigenvalue weighted by Crippen LogP contribution is 2.12. The summed E-state index contributed by atoms with van der Waals surface area (Å²) in [5, 5.41) is 14.9. The van der Waals surface area contributed by atoms with Crippen molar-refractivity contribution in [1.29, 1.82) is 0 Å². The Labute approximate surface area is 63.6 Å². The van der Waals surface area contributed by atoms with Gasteiger partial charge in [0, 0.05) is 6.20 Å². The first kappa shape index (κ1) is 7.53. The van der Waals surface area contributed by atoms with Gasteiger partial charge >= 0.3 is 5.97 Å². The fraction of sp³-hybridized carbons (Fsp3) is 0.143. The van der Waals surface area contributed by atoms with Gasteiger partial charge in [-0.05, 0) is 6.07 Å². The van der Waals surface area contributed by atoms with Crippen molar-refractivity contribution in [2.75, 3.05) is 0 Å². The third-order valence-corrected chi connectivity index (χ3v) is 1.34. The van der Waals surface area contributed by atoms with Crippen LogP contribution in [0.15, 0.2) is 24.9 Å². The van der Waals surface area contributed by atoms with Crippen molar-refractivity contribution < 1.29 is 9.90 Å². The summed E-state index contributed by atoms with van der Waals surface area (Å²) in [6.45, 7) is 3.40. The lowest BCUT2D eigenvalue weighted by molar-refractivity contribution is -0.137. The van der Waals surface area contributed by atoms with Crippen LogP contribution in [0.2, 0.25) is 0 Å². The maximum Gasteiger partial charge on any atom is 0.316 e. The van der Waals surface area contributed by atoms with Crippen LogP contribution >= 0.6 is 0 Å². The second-order valence-electron chi connectivity index (χ2n) is 2.05. The monoisotopic (exact) mass is 152 g/mol. The molecule has 1 atom stereocenters. The Morgan fingerprint density at radius 2 is 2.64 bits per heavy atom. The van der Waals surface area contributed by atoms with E-state index in [0.29, 0.717) is 5.69 Å². The highest BCUT2D eigenvalue weighted by atomic mass is 16.4. The number of aromatic nitrogens is 2. The lowest BCUT2D eigenvalue weighted by atomic mass is 10.1. The van der Waals surface area contributed by atoms with Crippen molar-refractivity contribution in [1.82, 2.24) is 10.2 Å². The molecule has 0 amide bonds. The minimum absolute atomic E-state index is 0.479. The summed E-state index contributed by atoms with van der Waals surface area (Å²) in [7, 11) is 0. The second-order valence-corrected chi connectivity index (χ2v) is 2.05. The summed E-state index contributed by atoms with van der Waals surface area (Å²) in [4.78, 5) is 10.5. The molecule has 4 nitrogen and oxygen atoms in total. The standard InChI is InChI=1S/C7H8N2O2/c1-2-5(7(10)11)6-3-4-8-9-6/h2-5H,1H2,(H,8,9)(H,10,11). The highest BCUT2D eigenvalue weighted by molar-refractivity contribution is 5.77. The molecule has 2 N–H and O–H groups in total. The normalized spacial score (nSPS) is 12.4. The van der Waals surface area contributed by atoms with Gasteiger partial charge in [0.1, 0.15) is 5.92 Å². The van der Waals surface area contributed by atoms with Crippen LogP contribution < -0.4 is 0 Å². The van der Waals surface area contributed by atoms with Gasteiger partial charge in [-0.25, -0.2) is 0 Å². The molecule has 0 bridgehead atoms. The van der Waals surface area contributed by atoms with E-state index in [1.807, 2.05) is 0 Å². The molecule has 0 saturated carbocycles. The highest BCUT2D eigenvalue weighted by Gasteiger charge is 2.16. The molecule has 4 heteroatoms. The van der Waals surface area contributed by atoms with E-state index in [1.165, 1.54) is 6.08 Å². The van der Waals surface area contributed by atoms with Crippen LogP contribution in [0.4, 0.5) is 0 Å². The number of carbonyl (C=O) groups is 1. The van der Waals surface area contributed by atoms with Gasteiger partial charge in [-0.3, -0.25) is 9.89 Å². The summed E-state index contributed by atoms with van der Waals surface area (Å²) in [6, 6.07) is 1.61. The average molecular weight is 152 g/mol. The number of nitrogens with one attached hydrogen (secondary N) is 1. The number of hydrogen-bond donors (Lipinski definition) is 2. The number of aromatic amines is 1. The van der Waals surface area contributed by atoms with Crippen LogP contribution in [0, 0.1) is 0 Å². The Bertz CT molecular complexity index is 253. The zero-order valence-corrected chi connectivity index (χ0v) is 5.82. The maximum absolute atomic E-state index is 10.5. The summed E-state index contributed by atoms with van der Waals surface area (Å²) in [6.07, 6.45) is 2.92. The van der Waals surface area contributed by atoms with Crippen molar-refractivity contribution in [3.05, 3.63) is 30.6 Å². The van der Waals surface area contributed by atoms with E-state index in [0.717, 1.165) is 0 Å². The Morgan fingerprint density at radius 1 is 1.91 bits per heavy atom. The Hall–Kier alpha value is -1.58. The van der Waals surface area contributed by atoms with Gasteiger partial charge in [0.2, 0.25) is 0 Å². The minimum atomic E-state index is -0.938. The van der Waals surface area contributed by atoms with Gasteiger partial charge < -0.3 is 5.11 Å². The lowest BCUT2D eigenvalue weighted by Gasteiger charge is -2.00. The van der Waals surface area contributed by atoms with Crippen LogP contribution in [0.1, 0.15) is 11.6 Å². The van der Waals surface area contributed by atoms with E-state index in [1.54, 1.807) is 12.3 Å². The fourth-order valence-corrected chi connectivity index (χ4v) is 0.793. The van der Waals surface area contributed by atoms with Crippen molar-refractivity contribution in [2.24, 2.45) is 0 Å². The van der Waals surface area contributed by atoms with Crippen LogP contribution in [0.25, 0.3) is 0 Å². The molecule has 1 aromatic rings. The van der Waals surface area contributed by atoms with E-state index in [9.17, 15) is 4.79 Å². The molecule has 0 aliphatic carbocycles. The van der Waals surface area contributed by atoms with Gasteiger partial charge in [0.25, 0.3) is 0 Å². The number of carboxylic acids is 1. The largest absolute Gasteiger partial charge is 0.481 e. The van der Waals surface area contributed by atoms with E-state index >= 15 is 0 Å². The number of hydrogen-bond acceptors (Lipinski definition) is 2. The van der Waals surface area contributed by atoms with Crippen LogP contribution in [0.5, 0.6) is 0 Å². The van der Waals surface area contributed by atoms with E-state index < -0.39 is 11.9 Å². The van der Waals surface area contributed by atoms with Gasteiger partial charge in [-0.15, -0.1) is 6.58 Å². The molecule has 0 aliphatic rings. The molecule has 0 radical (unpaired) electrons. The first-order chi connectivity index (χ1) is 5.25. The van der Waals surface area contributed by atoms with E-state index in [-0.39, 0.29) is 0 Å². The van der Waals surface area contributed by atoms with Crippen molar-refractivity contribution >= 4 is 5.97 Å². The number of carboxylic acid groups (broad SMARTS) is 1. The summed E-state index contributed by atoms with van der Waals surface area (Å²) < 4.78 is 0. The van der Waals surface area contributed by atoms with Crippen molar-refractivity contribution in [3.63, 3.8) is 0 Å². The predicted octanol–water partition coefficient (Wildman–Crippen LogP) is 0.764.